The van der Waals surface area contributed by atoms with Gasteiger partial charge in [-0.2, -0.15) is 9.40 Å². The summed E-state index contributed by atoms with van der Waals surface area (Å²) in [5.41, 5.74) is 0. The van der Waals surface area contributed by atoms with Crippen molar-refractivity contribution in [2.24, 2.45) is 5.92 Å². The van der Waals surface area contributed by atoms with Crippen molar-refractivity contribution in [3.63, 3.8) is 0 Å². The fourth-order valence-corrected chi connectivity index (χ4v) is 3.63. The van der Waals surface area contributed by atoms with Crippen LogP contribution in [0.1, 0.15) is 26.2 Å². The van der Waals surface area contributed by atoms with Crippen LogP contribution in [0.5, 0.6) is 0 Å². The Labute approximate surface area is 121 Å². The molecule has 114 valence electrons. The van der Waals surface area contributed by atoms with Crippen molar-refractivity contribution in [1.29, 1.82) is 0 Å². The standard InChI is InChI=1S/C13H24N4O2S/c1-3-17(10-12-5-6-12)20(18,19)13-9-15-16(11-13)8-4-7-14-2/h9,11-12,14H,3-8,10H2,1-2H3. The average molecular weight is 300 g/mol. The van der Waals surface area contributed by atoms with Gasteiger partial charge in [0.25, 0.3) is 0 Å². The second-order valence-electron chi connectivity index (χ2n) is 5.30. The van der Waals surface area contributed by atoms with Crippen LogP contribution in [0.25, 0.3) is 0 Å². The quantitative estimate of drug-likeness (QED) is 0.689. The zero-order valence-electron chi connectivity index (χ0n) is 12.2. The Hall–Kier alpha value is -0.920. The Morgan fingerprint density at radius 1 is 1.50 bits per heavy atom. The summed E-state index contributed by atoms with van der Waals surface area (Å²) in [6.45, 7) is 4.67. The zero-order valence-corrected chi connectivity index (χ0v) is 13.1. The first-order chi connectivity index (χ1) is 9.57. The lowest BCUT2D eigenvalue weighted by Gasteiger charge is -2.19. The van der Waals surface area contributed by atoms with E-state index in [4.69, 9.17) is 0 Å². The fraction of sp³-hybridized carbons (Fsp3) is 0.769. The number of sulfonamides is 1. The van der Waals surface area contributed by atoms with Crippen LogP contribution in [-0.4, -0.2) is 49.2 Å². The normalized spacial score (nSPS) is 15.9. The predicted octanol–water partition coefficient (Wildman–Crippen LogP) is 0.913. The van der Waals surface area contributed by atoms with Gasteiger partial charge >= 0.3 is 0 Å². The molecule has 0 aliphatic heterocycles. The topological polar surface area (TPSA) is 67.2 Å². The largest absolute Gasteiger partial charge is 0.320 e. The molecule has 1 saturated carbocycles. The van der Waals surface area contributed by atoms with E-state index in [1.54, 1.807) is 15.2 Å². The molecule has 1 aromatic heterocycles. The minimum atomic E-state index is -3.38. The van der Waals surface area contributed by atoms with Gasteiger partial charge in [-0.3, -0.25) is 4.68 Å². The third-order valence-corrected chi connectivity index (χ3v) is 5.47. The van der Waals surface area contributed by atoms with Gasteiger partial charge in [0, 0.05) is 25.8 Å². The van der Waals surface area contributed by atoms with Crippen LogP contribution in [-0.2, 0) is 16.6 Å². The van der Waals surface area contributed by atoms with Crippen LogP contribution in [0.4, 0.5) is 0 Å². The molecule has 1 aliphatic carbocycles. The van der Waals surface area contributed by atoms with Crippen molar-refractivity contribution in [1.82, 2.24) is 19.4 Å². The van der Waals surface area contributed by atoms with Crippen molar-refractivity contribution in [2.75, 3.05) is 26.7 Å². The van der Waals surface area contributed by atoms with E-state index < -0.39 is 10.0 Å². The Kier molecular flexibility index (Phi) is 5.17. The van der Waals surface area contributed by atoms with Gasteiger partial charge in [-0.1, -0.05) is 6.92 Å². The lowest BCUT2D eigenvalue weighted by molar-refractivity contribution is 0.412. The molecule has 1 aliphatic rings. The lowest BCUT2D eigenvalue weighted by Crippen LogP contribution is -2.32. The molecule has 0 radical (unpaired) electrons. The number of aryl methyl sites for hydroxylation is 1. The second kappa shape index (κ2) is 6.69. The molecular formula is C13H24N4O2S. The molecule has 6 nitrogen and oxygen atoms in total. The Morgan fingerprint density at radius 3 is 2.85 bits per heavy atom. The van der Waals surface area contributed by atoms with Crippen LogP contribution in [0.2, 0.25) is 0 Å². The molecular weight excluding hydrogens is 276 g/mol. The van der Waals surface area contributed by atoms with Gasteiger partial charge in [0.15, 0.2) is 0 Å². The molecule has 0 unspecified atom stereocenters. The average Bonchev–Trinajstić information content (AvgIpc) is 3.12. The zero-order chi connectivity index (χ0) is 14.6. The molecule has 0 aromatic carbocycles. The van der Waals surface area contributed by atoms with E-state index in [1.807, 2.05) is 14.0 Å². The van der Waals surface area contributed by atoms with Crippen molar-refractivity contribution >= 4 is 10.0 Å². The summed E-state index contributed by atoms with van der Waals surface area (Å²) in [6.07, 6.45) is 6.33. The summed E-state index contributed by atoms with van der Waals surface area (Å²) >= 11 is 0. The van der Waals surface area contributed by atoms with Crippen molar-refractivity contribution < 1.29 is 8.42 Å². The molecule has 1 heterocycles. The summed E-state index contributed by atoms with van der Waals surface area (Å²) in [5, 5.41) is 7.21. The summed E-state index contributed by atoms with van der Waals surface area (Å²) in [6, 6.07) is 0. The molecule has 1 aromatic rings. The highest BCUT2D eigenvalue weighted by molar-refractivity contribution is 7.89. The monoisotopic (exact) mass is 300 g/mol. The van der Waals surface area contributed by atoms with Crippen molar-refractivity contribution in [3.8, 4) is 0 Å². The molecule has 1 N–H and O–H groups in total. The Balaban J connectivity index is 2.03. The summed E-state index contributed by atoms with van der Waals surface area (Å²) in [4.78, 5) is 0.310. The van der Waals surface area contributed by atoms with E-state index in [-0.39, 0.29) is 0 Å². The third kappa shape index (κ3) is 3.80. The minimum Gasteiger partial charge on any atom is -0.320 e. The van der Waals surface area contributed by atoms with E-state index in [2.05, 4.69) is 10.4 Å². The van der Waals surface area contributed by atoms with Gasteiger partial charge in [0.2, 0.25) is 10.0 Å². The molecule has 0 amide bonds. The molecule has 20 heavy (non-hydrogen) atoms. The number of rotatable bonds is 9. The van der Waals surface area contributed by atoms with Crippen molar-refractivity contribution in [3.05, 3.63) is 12.4 Å². The van der Waals surface area contributed by atoms with E-state index in [0.717, 1.165) is 32.4 Å². The van der Waals surface area contributed by atoms with Gasteiger partial charge in [0.05, 0.1) is 6.20 Å². The van der Waals surface area contributed by atoms with Crippen LogP contribution in [0.3, 0.4) is 0 Å². The molecule has 7 heteroatoms. The van der Waals surface area contributed by atoms with Crippen molar-refractivity contribution in [2.45, 2.75) is 37.6 Å². The van der Waals surface area contributed by atoms with E-state index >= 15 is 0 Å². The van der Waals surface area contributed by atoms with Gasteiger partial charge < -0.3 is 5.32 Å². The maximum Gasteiger partial charge on any atom is 0.246 e. The summed E-state index contributed by atoms with van der Waals surface area (Å²) in [5.74, 6) is 0.551. The first-order valence-corrected chi connectivity index (χ1v) is 8.69. The van der Waals surface area contributed by atoms with E-state index in [0.29, 0.717) is 23.9 Å². The molecule has 0 bridgehead atoms. The maximum absolute atomic E-state index is 12.5. The molecule has 1 fully saturated rings. The molecule has 2 rings (SSSR count). The highest BCUT2D eigenvalue weighted by atomic mass is 32.2. The minimum absolute atomic E-state index is 0.310. The number of hydrogen-bond acceptors (Lipinski definition) is 4. The first kappa shape index (κ1) is 15.5. The van der Waals surface area contributed by atoms with Gasteiger partial charge in [0.1, 0.15) is 4.90 Å². The molecule has 0 saturated heterocycles. The number of nitrogens with one attached hydrogen (secondary N) is 1. The number of nitrogens with zero attached hydrogens (tertiary/aromatic N) is 3. The van der Waals surface area contributed by atoms with Crippen LogP contribution >= 0.6 is 0 Å². The SMILES string of the molecule is CCN(CC1CC1)S(=O)(=O)c1cnn(CCCNC)c1. The Bertz CT molecular complexity index is 522. The summed E-state index contributed by atoms with van der Waals surface area (Å²) < 4.78 is 28.3. The molecule has 0 atom stereocenters. The lowest BCUT2D eigenvalue weighted by atomic mass is 10.4. The number of hydrogen-bond donors (Lipinski definition) is 1. The van der Waals surface area contributed by atoms with Crippen LogP contribution in [0.15, 0.2) is 17.3 Å². The fourth-order valence-electron chi connectivity index (χ4n) is 2.15. The first-order valence-electron chi connectivity index (χ1n) is 7.25. The van der Waals surface area contributed by atoms with E-state index in [1.165, 1.54) is 6.20 Å². The highest BCUT2D eigenvalue weighted by Crippen LogP contribution is 2.31. The summed E-state index contributed by atoms with van der Waals surface area (Å²) in [7, 11) is -1.48. The van der Waals surface area contributed by atoms with E-state index in [9.17, 15) is 8.42 Å². The molecule has 0 spiro atoms. The van der Waals surface area contributed by atoms with Gasteiger partial charge in [-0.25, -0.2) is 8.42 Å². The smallest absolute Gasteiger partial charge is 0.246 e. The van der Waals surface area contributed by atoms with Gasteiger partial charge in [-0.15, -0.1) is 0 Å². The highest BCUT2D eigenvalue weighted by Gasteiger charge is 2.31. The van der Waals surface area contributed by atoms with Crippen LogP contribution < -0.4 is 5.32 Å². The predicted molar refractivity (Wildman–Crippen MR) is 77.9 cm³/mol. The third-order valence-electron chi connectivity index (χ3n) is 3.57. The Morgan fingerprint density at radius 2 is 2.25 bits per heavy atom. The van der Waals surface area contributed by atoms with Crippen LogP contribution in [0, 0.1) is 5.92 Å². The maximum atomic E-state index is 12.5. The number of aromatic nitrogens is 2. The van der Waals surface area contributed by atoms with Gasteiger partial charge in [-0.05, 0) is 38.8 Å². The second-order valence-corrected chi connectivity index (χ2v) is 7.23.